The van der Waals surface area contributed by atoms with E-state index in [2.05, 4.69) is 9.46 Å². The summed E-state index contributed by atoms with van der Waals surface area (Å²) in [4.78, 5) is -0.250. The first kappa shape index (κ1) is 16.3. The lowest BCUT2D eigenvalue weighted by molar-refractivity contribution is -0.0504. The van der Waals surface area contributed by atoms with Crippen molar-refractivity contribution in [2.45, 2.75) is 18.1 Å². The number of hydrogen-bond acceptors (Lipinski definition) is 3. The summed E-state index contributed by atoms with van der Waals surface area (Å²) in [7, 11) is -3.96. The van der Waals surface area contributed by atoms with E-state index >= 15 is 0 Å². The number of benzene rings is 2. The number of rotatable bonds is 6. The van der Waals surface area contributed by atoms with Gasteiger partial charge in [-0.05, 0) is 24.3 Å². The van der Waals surface area contributed by atoms with Crippen molar-refractivity contribution < 1.29 is 26.3 Å². The SMILES string of the molecule is O=S(=O)(NCc1ccccc1OC(F)F)c1cccc(F)c1. The van der Waals surface area contributed by atoms with Crippen molar-refractivity contribution >= 4 is 10.0 Å². The van der Waals surface area contributed by atoms with Crippen LogP contribution in [0, 0.1) is 5.82 Å². The lowest BCUT2D eigenvalue weighted by atomic mass is 10.2. The Hall–Kier alpha value is -2.06. The van der Waals surface area contributed by atoms with Crippen LogP contribution >= 0.6 is 0 Å². The number of ether oxygens (including phenoxy) is 1. The second kappa shape index (κ2) is 6.80. The summed E-state index contributed by atoms with van der Waals surface area (Å²) in [6, 6.07) is 10.3. The van der Waals surface area contributed by atoms with E-state index in [9.17, 15) is 21.6 Å². The number of sulfonamides is 1. The van der Waals surface area contributed by atoms with Gasteiger partial charge in [-0.3, -0.25) is 0 Å². The maximum absolute atomic E-state index is 13.1. The van der Waals surface area contributed by atoms with Gasteiger partial charge in [0.05, 0.1) is 4.90 Å². The normalized spacial score (nSPS) is 11.6. The summed E-state index contributed by atoms with van der Waals surface area (Å²) in [6.45, 7) is -3.28. The topological polar surface area (TPSA) is 55.4 Å². The Morgan fingerprint density at radius 1 is 1.09 bits per heavy atom. The Kier molecular flexibility index (Phi) is 5.04. The molecule has 4 nitrogen and oxygen atoms in total. The van der Waals surface area contributed by atoms with Crippen LogP contribution in [0.5, 0.6) is 5.75 Å². The van der Waals surface area contributed by atoms with Crippen molar-refractivity contribution in [1.29, 1.82) is 0 Å². The van der Waals surface area contributed by atoms with Gasteiger partial charge >= 0.3 is 6.61 Å². The van der Waals surface area contributed by atoms with Gasteiger partial charge in [0.15, 0.2) is 0 Å². The van der Waals surface area contributed by atoms with E-state index in [1.807, 2.05) is 0 Å². The van der Waals surface area contributed by atoms with Crippen LogP contribution in [-0.2, 0) is 16.6 Å². The van der Waals surface area contributed by atoms with Crippen LogP contribution in [0.2, 0.25) is 0 Å². The first-order valence-electron chi connectivity index (χ1n) is 6.16. The van der Waals surface area contributed by atoms with Crippen LogP contribution in [0.3, 0.4) is 0 Å². The van der Waals surface area contributed by atoms with Crippen LogP contribution < -0.4 is 9.46 Å². The van der Waals surface area contributed by atoms with Crippen molar-refractivity contribution in [3.8, 4) is 5.75 Å². The summed E-state index contributed by atoms with van der Waals surface area (Å²) in [5.74, 6) is -0.816. The molecule has 2 aromatic rings. The molecule has 118 valence electrons. The first-order chi connectivity index (χ1) is 10.4. The van der Waals surface area contributed by atoms with Gasteiger partial charge in [-0.15, -0.1) is 0 Å². The summed E-state index contributed by atoms with van der Waals surface area (Å²) in [6.07, 6.45) is 0. The zero-order valence-electron chi connectivity index (χ0n) is 11.2. The Labute approximate surface area is 125 Å². The fraction of sp³-hybridized carbons (Fsp3) is 0.143. The highest BCUT2D eigenvalue weighted by Gasteiger charge is 2.16. The van der Waals surface area contributed by atoms with Gasteiger partial charge in [-0.25, -0.2) is 17.5 Å². The molecule has 0 spiro atoms. The molecule has 2 aromatic carbocycles. The molecule has 0 saturated carbocycles. The molecular formula is C14H12F3NO3S. The van der Waals surface area contributed by atoms with Crippen LogP contribution in [0.1, 0.15) is 5.56 Å². The first-order valence-corrected chi connectivity index (χ1v) is 7.65. The second-order valence-corrected chi connectivity index (χ2v) is 6.04. The maximum Gasteiger partial charge on any atom is 0.387 e. The van der Waals surface area contributed by atoms with Gasteiger partial charge in [-0.1, -0.05) is 24.3 Å². The number of hydrogen-bond donors (Lipinski definition) is 1. The van der Waals surface area contributed by atoms with E-state index in [1.165, 1.54) is 30.3 Å². The predicted octanol–water partition coefficient (Wildman–Crippen LogP) is 2.91. The number of halogens is 3. The third-order valence-corrected chi connectivity index (χ3v) is 4.15. The highest BCUT2D eigenvalue weighted by molar-refractivity contribution is 7.89. The molecule has 0 radical (unpaired) electrons. The lowest BCUT2D eigenvalue weighted by Gasteiger charge is -2.11. The highest BCUT2D eigenvalue weighted by Crippen LogP contribution is 2.21. The van der Waals surface area contributed by atoms with Gasteiger partial charge < -0.3 is 4.74 Å². The molecule has 0 atom stereocenters. The van der Waals surface area contributed by atoms with Gasteiger partial charge in [0.1, 0.15) is 11.6 Å². The minimum atomic E-state index is -3.96. The van der Waals surface area contributed by atoms with Crippen molar-refractivity contribution in [1.82, 2.24) is 4.72 Å². The summed E-state index contributed by atoms with van der Waals surface area (Å²) in [5.41, 5.74) is 0.239. The Bertz CT molecular complexity index is 751. The zero-order chi connectivity index (χ0) is 16.2. The molecule has 0 bridgehead atoms. The predicted molar refractivity (Wildman–Crippen MR) is 73.5 cm³/mol. The minimum absolute atomic E-state index is 0.126. The summed E-state index contributed by atoms with van der Waals surface area (Å²) < 4.78 is 68.2. The van der Waals surface area contributed by atoms with E-state index in [0.29, 0.717) is 0 Å². The Balaban J connectivity index is 2.16. The molecular weight excluding hydrogens is 319 g/mol. The summed E-state index contributed by atoms with van der Waals surface area (Å²) in [5, 5.41) is 0. The van der Waals surface area contributed by atoms with Crippen molar-refractivity contribution in [3.63, 3.8) is 0 Å². The van der Waals surface area contributed by atoms with Crippen molar-refractivity contribution in [2.24, 2.45) is 0 Å². The van der Waals surface area contributed by atoms with Crippen LogP contribution in [0.25, 0.3) is 0 Å². The Morgan fingerprint density at radius 3 is 2.50 bits per heavy atom. The molecule has 0 unspecified atom stereocenters. The molecule has 0 aliphatic carbocycles. The van der Waals surface area contributed by atoms with E-state index in [0.717, 1.165) is 12.1 Å². The van der Waals surface area contributed by atoms with Crippen molar-refractivity contribution in [2.75, 3.05) is 0 Å². The largest absolute Gasteiger partial charge is 0.434 e. The van der Waals surface area contributed by atoms with E-state index in [-0.39, 0.29) is 22.8 Å². The van der Waals surface area contributed by atoms with Gasteiger partial charge in [0.25, 0.3) is 0 Å². The quantitative estimate of drug-likeness (QED) is 0.885. The van der Waals surface area contributed by atoms with Gasteiger partial charge in [0.2, 0.25) is 10.0 Å². The van der Waals surface area contributed by atoms with Crippen LogP contribution in [0.4, 0.5) is 13.2 Å². The molecule has 0 aliphatic rings. The molecule has 0 saturated heterocycles. The van der Waals surface area contributed by atoms with Crippen LogP contribution in [-0.4, -0.2) is 15.0 Å². The maximum atomic E-state index is 13.1. The highest BCUT2D eigenvalue weighted by atomic mass is 32.2. The molecule has 22 heavy (non-hydrogen) atoms. The van der Waals surface area contributed by atoms with E-state index in [1.54, 1.807) is 6.07 Å². The van der Waals surface area contributed by atoms with Crippen molar-refractivity contribution in [3.05, 3.63) is 59.9 Å². The molecule has 0 heterocycles. The molecule has 8 heteroatoms. The Morgan fingerprint density at radius 2 is 1.82 bits per heavy atom. The van der Waals surface area contributed by atoms with E-state index < -0.39 is 22.5 Å². The fourth-order valence-corrected chi connectivity index (χ4v) is 2.79. The van der Waals surface area contributed by atoms with Gasteiger partial charge in [0, 0.05) is 12.1 Å². The van der Waals surface area contributed by atoms with Gasteiger partial charge in [-0.2, -0.15) is 8.78 Å². The molecule has 0 fully saturated rings. The standard InChI is InChI=1S/C14H12F3NO3S/c15-11-5-3-6-12(8-11)22(19,20)18-9-10-4-1-2-7-13(10)21-14(16)17/h1-8,14,18H,9H2. The monoisotopic (exact) mass is 331 g/mol. The molecule has 0 aliphatic heterocycles. The number of nitrogens with one attached hydrogen (secondary N) is 1. The fourth-order valence-electron chi connectivity index (χ4n) is 1.75. The van der Waals surface area contributed by atoms with E-state index in [4.69, 9.17) is 0 Å². The smallest absolute Gasteiger partial charge is 0.387 e. The second-order valence-electron chi connectivity index (χ2n) is 4.27. The lowest BCUT2D eigenvalue weighted by Crippen LogP contribution is -2.23. The average Bonchev–Trinajstić information content (AvgIpc) is 2.46. The van der Waals surface area contributed by atoms with Crippen LogP contribution in [0.15, 0.2) is 53.4 Å². The molecule has 1 N–H and O–H groups in total. The number of para-hydroxylation sites is 1. The molecule has 0 aromatic heterocycles. The third kappa shape index (κ3) is 4.22. The summed E-state index contributed by atoms with van der Waals surface area (Å²) >= 11 is 0. The zero-order valence-corrected chi connectivity index (χ0v) is 12.0. The third-order valence-electron chi connectivity index (χ3n) is 2.75. The minimum Gasteiger partial charge on any atom is -0.434 e. The average molecular weight is 331 g/mol. The molecule has 0 amide bonds. The molecule has 2 rings (SSSR count). The number of alkyl halides is 2.